The van der Waals surface area contributed by atoms with Crippen molar-refractivity contribution in [1.29, 1.82) is 0 Å². The first-order valence-corrected chi connectivity index (χ1v) is 8.54. The lowest BCUT2D eigenvalue weighted by atomic mass is 10.1. The fourth-order valence-electron chi connectivity index (χ4n) is 2.44. The van der Waals surface area contributed by atoms with Crippen LogP contribution in [0.25, 0.3) is 21.8 Å². The predicted molar refractivity (Wildman–Crippen MR) is 100 cm³/mol. The fourth-order valence-corrected chi connectivity index (χ4v) is 3.26. The first kappa shape index (κ1) is 17.0. The second-order valence-electron chi connectivity index (χ2n) is 5.37. The number of aromatic nitrogens is 1. The molecule has 0 saturated carbocycles. The number of benzene rings is 2. The van der Waals surface area contributed by atoms with Crippen molar-refractivity contribution < 1.29 is 14.3 Å². The van der Waals surface area contributed by atoms with Gasteiger partial charge in [-0.2, -0.15) is 0 Å². The first-order valence-electron chi connectivity index (χ1n) is 7.66. The summed E-state index contributed by atoms with van der Waals surface area (Å²) in [6.45, 7) is 1.49. The lowest BCUT2D eigenvalue weighted by Gasteiger charge is -2.08. The van der Waals surface area contributed by atoms with Crippen molar-refractivity contribution in [1.82, 2.24) is 4.98 Å². The minimum absolute atomic E-state index is 0.0860. The quantitative estimate of drug-likeness (QED) is 0.735. The van der Waals surface area contributed by atoms with Crippen molar-refractivity contribution in [2.75, 3.05) is 19.5 Å². The van der Waals surface area contributed by atoms with Crippen LogP contribution in [0.4, 0.5) is 5.69 Å². The molecular weight excluding hydrogens is 336 g/mol. The third-order valence-electron chi connectivity index (χ3n) is 3.64. The second-order valence-corrected chi connectivity index (χ2v) is 6.22. The number of ether oxygens (including phenoxy) is 2. The van der Waals surface area contributed by atoms with Crippen LogP contribution in [0.5, 0.6) is 11.5 Å². The van der Waals surface area contributed by atoms with Gasteiger partial charge in [-0.05, 0) is 30.3 Å². The van der Waals surface area contributed by atoms with E-state index >= 15 is 0 Å². The van der Waals surface area contributed by atoms with Crippen molar-refractivity contribution in [3.8, 4) is 33.3 Å². The van der Waals surface area contributed by atoms with Crippen molar-refractivity contribution in [2.24, 2.45) is 0 Å². The number of rotatable bonds is 5. The molecule has 3 aromatic rings. The molecule has 6 heteroatoms. The SMILES string of the molecule is COc1ccc(-c2nc(-c3ccc(NC(C)=O)cc3)cs2)cc1OC. The van der Waals surface area contributed by atoms with Crippen LogP contribution in [0.1, 0.15) is 6.92 Å². The predicted octanol–water partition coefficient (Wildman–Crippen LogP) is 4.45. The summed E-state index contributed by atoms with van der Waals surface area (Å²) in [5, 5.41) is 5.67. The van der Waals surface area contributed by atoms with E-state index in [1.165, 1.54) is 6.92 Å². The molecule has 5 nitrogen and oxygen atoms in total. The maximum absolute atomic E-state index is 11.1. The molecule has 0 fully saturated rings. The highest BCUT2D eigenvalue weighted by Crippen LogP contribution is 2.35. The summed E-state index contributed by atoms with van der Waals surface area (Å²) in [6, 6.07) is 13.4. The first-order chi connectivity index (χ1) is 12.1. The Hall–Kier alpha value is -2.86. The molecule has 3 rings (SSSR count). The van der Waals surface area contributed by atoms with Gasteiger partial charge in [0.2, 0.25) is 5.91 Å². The topological polar surface area (TPSA) is 60.5 Å². The summed E-state index contributed by atoms with van der Waals surface area (Å²) in [6.07, 6.45) is 0. The van der Waals surface area contributed by atoms with E-state index < -0.39 is 0 Å². The zero-order valence-corrected chi connectivity index (χ0v) is 15.0. The number of anilines is 1. The minimum Gasteiger partial charge on any atom is -0.493 e. The van der Waals surface area contributed by atoms with Crippen molar-refractivity contribution in [3.63, 3.8) is 0 Å². The number of carbonyl (C=O) groups is 1. The van der Waals surface area contributed by atoms with Gasteiger partial charge in [0.25, 0.3) is 0 Å². The normalized spacial score (nSPS) is 10.4. The minimum atomic E-state index is -0.0860. The molecule has 1 aromatic heterocycles. The van der Waals surface area contributed by atoms with Gasteiger partial charge in [0.15, 0.2) is 11.5 Å². The number of carbonyl (C=O) groups excluding carboxylic acids is 1. The standard InChI is InChI=1S/C19H18N2O3S/c1-12(22)20-15-7-4-13(5-8-15)16-11-25-19(21-16)14-6-9-17(23-2)18(10-14)24-3/h4-11H,1-3H3,(H,20,22). The third kappa shape index (κ3) is 3.80. The Balaban J connectivity index is 1.86. The maximum Gasteiger partial charge on any atom is 0.221 e. The van der Waals surface area contributed by atoms with Gasteiger partial charge in [-0.3, -0.25) is 4.79 Å². The Morgan fingerprint density at radius 2 is 1.68 bits per heavy atom. The summed E-state index contributed by atoms with van der Waals surface area (Å²) in [7, 11) is 3.23. The summed E-state index contributed by atoms with van der Waals surface area (Å²) in [4.78, 5) is 15.8. The van der Waals surface area contributed by atoms with Crippen LogP contribution in [0.2, 0.25) is 0 Å². The Morgan fingerprint density at radius 3 is 2.32 bits per heavy atom. The van der Waals surface area contributed by atoms with E-state index in [1.54, 1.807) is 25.6 Å². The Kier molecular flexibility index (Phi) is 5.00. The van der Waals surface area contributed by atoms with Gasteiger partial charge >= 0.3 is 0 Å². The molecule has 1 heterocycles. The van der Waals surface area contributed by atoms with E-state index in [2.05, 4.69) is 5.32 Å². The van der Waals surface area contributed by atoms with Gasteiger partial charge in [-0.25, -0.2) is 4.98 Å². The van der Waals surface area contributed by atoms with Crippen molar-refractivity contribution >= 4 is 22.9 Å². The van der Waals surface area contributed by atoms with Gasteiger partial charge in [0, 0.05) is 29.1 Å². The van der Waals surface area contributed by atoms with E-state index in [0.29, 0.717) is 11.5 Å². The van der Waals surface area contributed by atoms with Gasteiger partial charge < -0.3 is 14.8 Å². The van der Waals surface area contributed by atoms with E-state index in [-0.39, 0.29) is 5.91 Å². The maximum atomic E-state index is 11.1. The van der Waals surface area contributed by atoms with E-state index in [1.807, 2.05) is 47.8 Å². The molecule has 1 N–H and O–H groups in total. The average molecular weight is 354 g/mol. The lowest BCUT2D eigenvalue weighted by Crippen LogP contribution is -2.05. The second kappa shape index (κ2) is 7.36. The number of amides is 1. The molecule has 2 aromatic carbocycles. The number of hydrogen-bond donors (Lipinski definition) is 1. The van der Waals surface area contributed by atoms with Crippen LogP contribution >= 0.6 is 11.3 Å². The zero-order valence-electron chi connectivity index (χ0n) is 14.2. The molecule has 0 unspecified atom stereocenters. The highest BCUT2D eigenvalue weighted by molar-refractivity contribution is 7.13. The summed E-state index contributed by atoms with van der Waals surface area (Å²) in [5.74, 6) is 1.28. The summed E-state index contributed by atoms with van der Waals surface area (Å²) >= 11 is 1.57. The molecule has 0 saturated heterocycles. The lowest BCUT2D eigenvalue weighted by molar-refractivity contribution is -0.114. The number of hydrogen-bond acceptors (Lipinski definition) is 5. The zero-order chi connectivity index (χ0) is 17.8. The molecule has 0 aliphatic heterocycles. The monoisotopic (exact) mass is 354 g/mol. The average Bonchev–Trinajstić information content (AvgIpc) is 3.11. The Bertz CT molecular complexity index is 888. The van der Waals surface area contributed by atoms with Gasteiger partial charge in [0.05, 0.1) is 19.9 Å². The molecule has 0 atom stereocenters. The van der Waals surface area contributed by atoms with Crippen LogP contribution in [-0.2, 0) is 4.79 Å². The van der Waals surface area contributed by atoms with Crippen LogP contribution in [0.3, 0.4) is 0 Å². The smallest absolute Gasteiger partial charge is 0.221 e. The van der Waals surface area contributed by atoms with E-state index in [4.69, 9.17) is 14.5 Å². The number of methoxy groups -OCH3 is 2. The molecule has 25 heavy (non-hydrogen) atoms. The third-order valence-corrected chi connectivity index (χ3v) is 4.53. The van der Waals surface area contributed by atoms with Crippen LogP contribution in [0.15, 0.2) is 47.8 Å². The van der Waals surface area contributed by atoms with E-state index in [9.17, 15) is 4.79 Å². The largest absolute Gasteiger partial charge is 0.493 e. The molecule has 128 valence electrons. The summed E-state index contributed by atoms with van der Waals surface area (Å²) < 4.78 is 10.6. The van der Waals surface area contributed by atoms with Crippen molar-refractivity contribution in [2.45, 2.75) is 6.92 Å². The van der Waals surface area contributed by atoms with Gasteiger partial charge in [0.1, 0.15) is 5.01 Å². The summed E-state index contributed by atoms with van der Waals surface area (Å²) in [5.41, 5.74) is 3.64. The molecular formula is C19H18N2O3S. The Morgan fingerprint density at radius 1 is 1.00 bits per heavy atom. The van der Waals surface area contributed by atoms with E-state index in [0.717, 1.165) is 27.5 Å². The Labute approximate surface area is 150 Å². The van der Waals surface area contributed by atoms with Gasteiger partial charge in [-0.1, -0.05) is 12.1 Å². The number of nitrogens with one attached hydrogen (secondary N) is 1. The molecule has 0 radical (unpaired) electrons. The molecule has 0 bridgehead atoms. The van der Waals surface area contributed by atoms with Crippen LogP contribution < -0.4 is 14.8 Å². The number of nitrogens with zero attached hydrogens (tertiary/aromatic N) is 1. The highest BCUT2D eigenvalue weighted by atomic mass is 32.1. The molecule has 0 aliphatic rings. The fraction of sp³-hybridized carbons (Fsp3) is 0.158. The highest BCUT2D eigenvalue weighted by Gasteiger charge is 2.10. The number of thiazole rings is 1. The molecule has 0 aliphatic carbocycles. The molecule has 1 amide bonds. The van der Waals surface area contributed by atoms with Crippen LogP contribution in [-0.4, -0.2) is 25.1 Å². The van der Waals surface area contributed by atoms with Crippen LogP contribution in [0, 0.1) is 0 Å². The molecule has 0 spiro atoms. The van der Waals surface area contributed by atoms with Gasteiger partial charge in [-0.15, -0.1) is 11.3 Å². The van der Waals surface area contributed by atoms with Crippen molar-refractivity contribution in [3.05, 3.63) is 47.8 Å².